The lowest BCUT2D eigenvalue weighted by Crippen LogP contribution is -2.42. The van der Waals surface area contributed by atoms with E-state index in [2.05, 4.69) is 0 Å². The number of hydrogen-bond acceptors (Lipinski definition) is 4. The van der Waals surface area contributed by atoms with Crippen LogP contribution < -0.4 is 4.74 Å². The van der Waals surface area contributed by atoms with Gasteiger partial charge in [-0.25, -0.2) is 0 Å². The highest BCUT2D eigenvalue weighted by Gasteiger charge is 2.53. The van der Waals surface area contributed by atoms with Crippen LogP contribution in [-0.2, 0) is 19.8 Å². The van der Waals surface area contributed by atoms with Crippen molar-refractivity contribution in [2.24, 2.45) is 0 Å². The Morgan fingerprint density at radius 2 is 1.57 bits per heavy atom. The van der Waals surface area contributed by atoms with Gasteiger partial charge in [0, 0.05) is 26.9 Å². The van der Waals surface area contributed by atoms with E-state index in [0.717, 1.165) is 27.3 Å². The van der Waals surface area contributed by atoms with Gasteiger partial charge in [0.05, 0.1) is 18.6 Å². The van der Waals surface area contributed by atoms with Crippen LogP contribution in [-0.4, -0.2) is 48.7 Å². The second-order valence-electron chi connectivity index (χ2n) is 9.09. The standard InChI is InChI=1S/C29H30N2O4/c1-20(21-12-16-25(35-4)17-13-21)30(2)26(32)18-29(19-27(33)31(3)28(29)34)24-14-10-23(11-15-24)22-8-6-5-7-9-22/h5-17,20H,18-19H2,1-4H3/t20-,29+/m1/s1. The maximum Gasteiger partial charge on any atom is 0.240 e. The van der Waals surface area contributed by atoms with Crippen molar-refractivity contribution < 1.29 is 19.1 Å². The monoisotopic (exact) mass is 470 g/mol. The zero-order valence-electron chi connectivity index (χ0n) is 20.5. The Morgan fingerprint density at radius 3 is 2.11 bits per heavy atom. The fraction of sp³-hybridized carbons (Fsp3) is 0.276. The normalized spacial score (nSPS) is 18.5. The first-order valence-electron chi connectivity index (χ1n) is 11.6. The summed E-state index contributed by atoms with van der Waals surface area (Å²) in [5.41, 5.74) is 2.48. The van der Waals surface area contributed by atoms with Crippen molar-refractivity contribution in [2.45, 2.75) is 31.2 Å². The van der Waals surface area contributed by atoms with Gasteiger partial charge in [0.25, 0.3) is 0 Å². The van der Waals surface area contributed by atoms with Crippen LogP contribution in [0.15, 0.2) is 78.9 Å². The van der Waals surface area contributed by atoms with Crippen LogP contribution in [0.25, 0.3) is 11.1 Å². The van der Waals surface area contributed by atoms with E-state index in [9.17, 15) is 14.4 Å². The fourth-order valence-electron chi connectivity index (χ4n) is 4.67. The molecule has 3 aromatic carbocycles. The summed E-state index contributed by atoms with van der Waals surface area (Å²) >= 11 is 0. The van der Waals surface area contributed by atoms with Gasteiger partial charge in [0.2, 0.25) is 17.7 Å². The highest BCUT2D eigenvalue weighted by Crippen LogP contribution is 2.41. The van der Waals surface area contributed by atoms with E-state index in [1.54, 1.807) is 19.1 Å². The molecule has 6 heteroatoms. The van der Waals surface area contributed by atoms with E-state index >= 15 is 0 Å². The SMILES string of the molecule is COc1ccc([C@@H](C)N(C)C(=O)C[C@@]2(c3ccc(-c4ccccc4)cc3)CC(=O)N(C)C2=O)cc1. The number of benzene rings is 3. The van der Waals surface area contributed by atoms with Crippen LogP contribution in [0.3, 0.4) is 0 Å². The van der Waals surface area contributed by atoms with Crippen molar-refractivity contribution in [1.82, 2.24) is 9.80 Å². The lowest BCUT2D eigenvalue weighted by Gasteiger charge is -2.31. The highest BCUT2D eigenvalue weighted by atomic mass is 16.5. The van der Waals surface area contributed by atoms with Crippen LogP contribution in [0.5, 0.6) is 5.75 Å². The van der Waals surface area contributed by atoms with E-state index in [1.165, 1.54) is 7.05 Å². The molecule has 0 aromatic heterocycles. The zero-order valence-corrected chi connectivity index (χ0v) is 20.5. The first-order valence-corrected chi connectivity index (χ1v) is 11.6. The molecule has 0 N–H and O–H groups in total. The molecule has 0 saturated carbocycles. The number of rotatable bonds is 7. The van der Waals surface area contributed by atoms with Crippen LogP contribution >= 0.6 is 0 Å². The molecule has 1 aliphatic heterocycles. The Hall–Kier alpha value is -3.93. The van der Waals surface area contributed by atoms with Crippen molar-refractivity contribution in [3.8, 4) is 16.9 Å². The molecular weight excluding hydrogens is 440 g/mol. The molecular formula is C29H30N2O4. The van der Waals surface area contributed by atoms with Gasteiger partial charge in [0.15, 0.2) is 0 Å². The van der Waals surface area contributed by atoms with Gasteiger partial charge >= 0.3 is 0 Å². The molecule has 180 valence electrons. The Morgan fingerprint density at radius 1 is 0.971 bits per heavy atom. The molecule has 0 bridgehead atoms. The van der Waals surface area contributed by atoms with Crippen molar-refractivity contribution >= 4 is 17.7 Å². The van der Waals surface area contributed by atoms with Crippen LogP contribution in [0.4, 0.5) is 0 Å². The molecule has 35 heavy (non-hydrogen) atoms. The highest BCUT2D eigenvalue weighted by molar-refractivity contribution is 6.10. The third-order valence-corrected chi connectivity index (χ3v) is 7.11. The fourth-order valence-corrected chi connectivity index (χ4v) is 4.67. The number of carbonyl (C=O) groups is 3. The largest absolute Gasteiger partial charge is 0.497 e. The summed E-state index contributed by atoms with van der Waals surface area (Å²) in [5, 5.41) is 0. The third kappa shape index (κ3) is 4.56. The molecule has 1 heterocycles. The molecule has 3 aromatic rings. The number of likely N-dealkylation sites (tertiary alicyclic amines) is 1. The second kappa shape index (κ2) is 9.74. The minimum atomic E-state index is -1.22. The third-order valence-electron chi connectivity index (χ3n) is 7.11. The molecule has 4 rings (SSSR count). The summed E-state index contributed by atoms with van der Waals surface area (Å²) in [4.78, 5) is 42.2. The summed E-state index contributed by atoms with van der Waals surface area (Å²) < 4.78 is 5.22. The molecule has 0 aliphatic carbocycles. The van der Waals surface area contributed by atoms with Gasteiger partial charge < -0.3 is 9.64 Å². The number of ether oxygens (including phenoxy) is 1. The predicted molar refractivity (Wildman–Crippen MR) is 135 cm³/mol. The molecule has 2 atom stereocenters. The summed E-state index contributed by atoms with van der Waals surface area (Å²) in [6.45, 7) is 1.94. The molecule has 0 spiro atoms. The quantitative estimate of drug-likeness (QED) is 0.474. The zero-order chi connectivity index (χ0) is 25.2. The van der Waals surface area contributed by atoms with Gasteiger partial charge in [-0.05, 0) is 41.3 Å². The molecule has 1 fully saturated rings. The molecule has 6 nitrogen and oxygen atoms in total. The van der Waals surface area contributed by atoms with E-state index < -0.39 is 5.41 Å². The van der Waals surface area contributed by atoms with Crippen molar-refractivity contribution in [1.29, 1.82) is 0 Å². The van der Waals surface area contributed by atoms with E-state index in [-0.39, 0.29) is 36.6 Å². The Kier molecular flexibility index (Phi) is 6.74. The average molecular weight is 471 g/mol. The van der Waals surface area contributed by atoms with Gasteiger partial charge in [0.1, 0.15) is 5.75 Å². The molecule has 3 amide bonds. The predicted octanol–water partition coefficient (Wildman–Crippen LogP) is 4.60. The Labute approximate surface area is 206 Å². The van der Waals surface area contributed by atoms with Crippen LogP contribution in [0.2, 0.25) is 0 Å². The Bertz CT molecular complexity index is 1220. The maximum absolute atomic E-state index is 13.5. The summed E-state index contributed by atoms with van der Waals surface area (Å²) in [5.74, 6) is -0.0718. The first-order chi connectivity index (χ1) is 16.8. The number of imide groups is 1. The summed E-state index contributed by atoms with van der Waals surface area (Å²) in [6, 6.07) is 24.9. The lowest BCUT2D eigenvalue weighted by molar-refractivity contribution is -0.141. The van der Waals surface area contributed by atoms with Gasteiger partial charge in [-0.2, -0.15) is 0 Å². The number of hydrogen-bond donors (Lipinski definition) is 0. The molecule has 0 radical (unpaired) electrons. The van der Waals surface area contributed by atoms with Crippen LogP contribution in [0.1, 0.15) is 36.9 Å². The topological polar surface area (TPSA) is 66.9 Å². The molecule has 0 unspecified atom stereocenters. The van der Waals surface area contributed by atoms with Crippen molar-refractivity contribution in [3.63, 3.8) is 0 Å². The van der Waals surface area contributed by atoms with E-state index in [1.807, 2.05) is 85.8 Å². The average Bonchev–Trinajstić information content (AvgIpc) is 3.12. The summed E-state index contributed by atoms with van der Waals surface area (Å²) in [6.07, 6.45) is -0.104. The number of methoxy groups -OCH3 is 1. The van der Waals surface area contributed by atoms with Crippen LogP contribution in [0, 0.1) is 0 Å². The lowest BCUT2D eigenvalue weighted by atomic mass is 9.75. The first kappa shape index (κ1) is 24.2. The number of likely N-dealkylation sites (N-methyl/N-ethyl adjacent to an activating group) is 1. The Balaban J connectivity index is 1.62. The van der Waals surface area contributed by atoms with E-state index in [4.69, 9.17) is 4.74 Å². The minimum Gasteiger partial charge on any atom is -0.497 e. The maximum atomic E-state index is 13.5. The van der Waals surface area contributed by atoms with Gasteiger partial charge in [-0.1, -0.05) is 66.7 Å². The number of carbonyl (C=O) groups excluding carboxylic acids is 3. The van der Waals surface area contributed by atoms with Gasteiger partial charge in [-0.3, -0.25) is 19.3 Å². The number of nitrogens with zero attached hydrogens (tertiary/aromatic N) is 2. The smallest absolute Gasteiger partial charge is 0.240 e. The molecule has 1 saturated heterocycles. The van der Waals surface area contributed by atoms with Crippen molar-refractivity contribution in [2.75, 3.05) is 21.2 Å². The second-order valence-corrected chi connectivity index (χ2v) is 9.09. The van der Waals surface area contributed by atoms with Crippen molar-refractivity contribution in [3.05, 3.63) is 90.0 Å². The van der Waals surface area contributed by atoms with E-state index in [0.29, 0.717) is 5.56 Å². The minimum absolute atomic E-state index is 0.0243. The van der Waals surface area contributed by atoms with Gasteiger partial charge in [-0.15, -0.1) is 0 Å². The number of amides is 3. The summed E-state index contributed by atoms with van der Waals surface area (Å²) in [7, 11) is 4.82. The molecule has 1 aliphatic rings.